The van der Waals surface area contributed by atoms with Crippen molar-refractivity contribution in [3.63, 3.8) is 0 Å². The number of hydrogen-bond donors (Lipinski definition) is 0. The molecule has 4 heteroatoms. The van der Waals surface area contributed by atoms with Crippen LogP contribution < -0.4 is 0 Å². The maximum Gasteiger partial charge on any atom is 0.222 e. The van der Waals surface area contributed by atoms with Crippen molar-refractivity contribution in [2.75, 3.05) is 13.1 Å². The quantitative estimate of drug-likeness (QED) is 0.593. The fraction of sp³-hybridized carbons (Fsp3) is 0.429. The molecule has 0 N–H and O–H groups in total. The highest BCUT2D eigenvalue weighted by atomic mass is 19.1. The number of benzene rings is 1. The highest BCUT2D eigenvalue weighted by Crippen LogP contribution is 2.14. The van der Waals surface area contributed by atoms with Crippen LogP contribution in [-0.2, 0) is 4.79 Å². The van der Waals surface area contributed by atoms with Crippen molar-refractivity contribution in [3.8, 4) is 0 Å². The van der Waals surface area contributed by atoms with Gasteiger partial charge in [-0.25, -0.2) is 4.39 Å². The number of carbonyl (C=O) groups excluding carboxylic acids is 2. The van der Waals surface area contributed by atoms with Gasteiger partial charge in [0.15, 0.2) is 5.78 Å². The summed E-state index contributed by atoms with van der Waals surface area (Å²) in [6.07, 6.45) is 1.32. The van der Waals surface area contributed by atoms with Crippen molar-refractivity contribution in [1.82, 2.24) is 4.90 Å². The fourth-order valence-electron chi connectivity index (χ4n) is 1.82. The van der Waals surface area contributed by atoms with Gasteiger partial charge < -0.3 is 4.90 Å². The van der Waals surface area contributed by atoms with Gasteiger partial charge in [0, 0.05) is 31.5 Å². The van der Waals surface area contributed by atoms with Gasteiger partial charge in [0.1, 0.15) is 5.82 Å². The Bertz CT molecular complexity index is 481. The van der Waals surface area contributed by atoms with Gasteiger partial charge in [0.05, 0.1) is 0 Å². The number of rotatable bonds is 5. The molecule has 1 aliphatic rings. The van der Waals surface area contributed by atoms with Crippen LogP contribution in [0.3, 0.4) is 0 Å². The first-order valence-corrected chi connectivity index (χ1v) is 6.15. The maximum absolute atomic E-state index is 13.1. The van der Waals surface area contributed by atoms with E-state index < -0.39 is 0 Å². The highest BCUT2D eigenvalue weighted by Gasteiger charge is 2.23. The minimum absolute atomic E-state index is 0.0308. The molecule has 0 radical (unpaired) electrons. The van der Waals surface area contributed by atoms with E-state index >= 15 is 0 Å². The van der Waals surface area contributed by atoms with Crippen LogP contribution in [-0.4, -0.2) is 29.7 Å². The van der Waals surface area contributed by atoms with Gasteiger partial charge in [-0.3, -0.25) is 9.59 Å². The highest BCUT2D eigenvalue weighted by molar-refractivity contribution is 5.96. The zero-order valence-corrected chi connectivity index (χ0v) is 10.4. The van der Waals surface area contributed by atoms with Crippen LogP contribution in [0.4, 0.5) is 4.39 Å². The zero-order valence-electron chi connectivity index (χ0n) is 10.4. The molecule has 3 nitrogen and oxygen atoms in total. The van der Waals surface area contributed by atoms with Crippen LogP contribution >= 0.6 is 0 Å². The second-order valence-corrected chi connectivity index (χ2v) is 4.62. The van der Waals surface area contributed by atoms with E-state index in [-0.39, 0.29) is 17.5 Å². The average Bonchev–Trinajstić information content (AvgIpc) is 3.16. The standard InChI is InChI=1S/C14H16FNO2/c1-10-9-11(5-6-12(10)15)13(17)3-2-4-14(18)16-7-8-16/h5-6,9H,2-4,7-8H2,1H3. The molecule has 1 heterocycles. The number of amides is 1. The molecule has 1 aliphatic heterocycles. The maximum atomic E-state index is 13.1. The van der Waals surface area contributed by atoms with Crippen LogP contribution in [0, 0.1) is 12.7 Å². The lowest BCUT2D eigenvalue weighted by molar-refractivity contribution is -0.125. The van der Waals surface area contributed by atoms with Crippen LogP contribution in [0.15, 0.2) is 18.2 Å². The Hall–Kier alpha value is -1.71. The number of Topliss-reactive ketones (excluding diaryl/α,β-unsaturated/α-hetero) is 1. The molecule has 1 aromatic carbocycles. The Morgan fingerprint density at radius 3 is 2.61 bits per heavy atom. The third-order valence-corrected chi connectivity index (χ3v) is 3.07. The summed E-state index contributed by atoms with van der Waals surface area (Å²) in [5, 5.41) is 0. The first kappa shape index (κ1) is 12.7. The van der Waals surface area contributed by atoms with Gasteiger partial charge >= 0.3 is 0 Å². The molecule has 0 aromatic heterocycles. The lowest BCUT2D eigenvalue weighted by Crippen LogP contribution is -2.10. The van der Waals surface area contributed by atoms with Crippen LogP contribution in [0.5, 0.6) is 0 Å². The minimum atomic E-state index is -0.303. The summed E-state index contributed by atoms with van der Waals surface area (Å²) in [4.78, 5) is 25.0. The van der Waals surface area contributed by atoms with E-state index in [9.17, 15) is 14.0 Å². The molecule has 1 amide bonds. The van der Waals surface area contributed by atoms with Gasteiger partial charge in [-0.2, -0.15) is 0 Å². The molecule has 0 unspecified atom stereocenters. The predicted molar refractivity (Wildman–Crippen MR) is 65.9 cm³/mol. The first-order chi connectivity index (χ1) is 8.58. The third-order valence-electron chi connectivity index (χ3n) is 3.07. The molecule has 1 saturated heterocycles. The number of carbonyl (C=O) groups is 2. The smallest absolute Gasteiger partial charge is 0.222 e. The average molecular weight is 249 g/mol. The van der Waals surface area contributed by atoms with E-state index in [1.165, 1.54) is 12.1 Å². The molecule has 0 aliphatic carbocycles. The topological polar surface area (TPSA) is 37.1 Å². The molecule has 0 bridgehead atoms. The Balaban J connectivity index is 1.83. The molecule has 0 atom stereocenters. The fourth-order valence-corrected chi connectivity index (χ4v) is 1.82. The lowest BCUT2D eigenvalue weighted by atomic mass is 10.0. The normalized spacial score (nSPS) is 13.6. The van der Waals surface area contributed by atoms with Gasteiger partial charge in [-0.15, -0.1) is 0 Å². The van der Waals surface area contributed by atoms with Crippen LogP contribution in [0.25, 0.3) is 0 Å². The molecule has 1 aromatic rings. The number of ketones is 1. The van der Waals surface area contributed by atoms with E-state index in [4.69, 9.17) is 0 Å². The van der Waals surface area contributed by atoms with E-state index in [1.807, 2.05) is 0 Å². The Labute approximate surface area is 106 Å². The van der Waals surface area contributed by atoms with E-state index in [1.54, 1.807) is 17.9 Å². The first-order valence-electron chi connectivity index (χ1n) is 6.15. The second kappa shape index (κ2) is 5.29. The van der Waals surface area contributed by atoms with Crippen molar-refractivity contribution in [2.45, 2.75) is 26.2 Å². The van der Waals surface area contributed by atoms with Crippen molar-refractivity contribution in [2.24, 2.45) is 0 Å². The zero-order chi connectivity index (χ0) is 13.1. The van der Waals surface area contributed by atoms with Crippen LogP contribution in [0.2, 0.25) is 0 Å². The molecule has 96 valence electrons. The molecule has 18 heavy (non-hydrogen) atoms. The van der Waals surface area contributed by atoms with Gasteiger partial charge in [0.25, 0.3) is 0 Å². The van der Waals surface area contributed by atoms with E-state index in [2.05, 4.69) is 0 Å². The molecular formula is C14H16FNO2. The van der Waals surface area contributed by atoms with Crippen molar-refractivity contribution < 1.29 is 14.0 Å². The van der Waals surface area contributed by atoms with Crippen molar-refractivity contribution >= 4 is 11.7 Å². The molecule has 2 rings (SSSR count). The number of nitrogens with zero attached hydrogens (tertiary/aromatic N) is 1. The van der Waals surface area contributed by atoms with Crippen molar-refractivity contribution in [1.29, 1.82) is 0 Å². The molecule has 1 fully saturated rings. The summed E-state index contributed by atoms with van der Waals surface area (Å²) in [6, 6.07) is 4.37. The summed E-state index contributed by atoms with van der Waals surface area (Å²) < 4.78 is 13.1. The number of halogens is 1. The summed E-state index contributed by atoms with van der Waals surface area (Å²) in [6.45, 7) is 3.34. The Kier molecular flexibility index (Phi) is 3.75. The van der Waals surface area contributed by atoms with Gasteiger partial charge in [-0.05, 0) is 37.1 Å². The van der Waals surface area contributed by atoms with Crippen molar-refractivity contribution in [3.05, 3.63) is 35.1 Å². The third kappa shape index (κ3) is 3.15. The Morgan fingerprint density at radius 2 is 2.00 bits per heavy atom. The van der Waals surface area contributed by atoms with E-state index in [0.29, 0.717) is 30.4 Å². The van der Waals surface area contributed by atoms with Crippen LogP contribution in [0.1, 0.15) is 35.2 Å². The van der Waals surface area contributed by atoms with E-state index in [0.717, 1.165) is 13.1 Å². The minimum Gasteiger partial charge on any atom is -0.339 e. The Morgan fingerprint density at radius 1 is 1.28 bits per heavy atom. The summed E-state index contributed by atoms with van der Waals surface area (Å²) in [5.41, 5.74) is 0.995. The summed E-state index contributed by atoms with van der Waals surface area (Å²) in [7, 11) is 0. The summed E-state index contributed by atoms with van der Waals surface area (Å²) >= 11 is 0. The van der Waals surface area contributed by atoms with Gasteiger partial charge in [0.2, 0.25) is 5.91 Å². The van der Waals surface area contributed by atoms with Gasteiger partial charge in [-0.1, -0.05) is 0 Å². The molecule has 0 saturated carbocycles. The summed E-state index contributed by atoms with van der Waals surface area (Å²) in [5.74, 6) is -0.210. The molecule has 0 spiro atoms. The lowest BCUT2D eigenvalue weighted by Gasteiger charge is -2.03. The SMILES string of the molecule is Cc1cc(C(=O)CCCC(=O)N2CC2)ccc1F. The monoisotopic (exact) mass is 249 g/mol. The largest absolute Gasteiger partial charge is 0.339 e. The number of aryl methyl sites for hydroxylation is 1. The molecular weight excluding hydrogens is 233 g/mol. The number of hydrogen-bond acceptors (Lipinski definition) is 2. The predicted octanol–water partition coefficient (Wildman–Crippen LogP) is 2.33. The second-order valence-electron chi connectivity index (χ2n) is 4.62.